The van der Waals surface area contributed by atoms with Crippen molar-refractivity contribution in [3.63, 3.8) is 0 Å². The van der Waals surface area contributed by atoms with Crippen molar-refractivity contribution in [2.24, 2.45) is 0 Å². The molecule has 1 unspecified atom stereocenters. The number of rotatable bonds is 3. The minimum atomic E-state index is 0.493. The molecule has 0 aliphatic carbocycles. The monoisotopic (exact) mass is 289 g/mol. The Morgan fingerprint density at radius 2 is 1.50 bits per heavy atom. The summed E-state index contributed by atoms with van der Waals surface area (Å²) in [6.45, 7) is 16.0. The number of nitrogens with zero attached hydrogens (tertiary/aromatic N) is 1. The molecule has 2 rings (SSSR count). The summed E-state index contributed by atoms with van der Waals surface area (Å²) < 4.78 is 0. The van der Waals surface area contributed by atoms with Gasteiger partial charge in [-0.3, -0.25) is 0 Å². The number of para-hydroxylation sites is 1. The molecule has 0 saturated heterocycles. The fraction of sp³-hybridized carbons (Fsp3) is 0.556. The second kappa shape index (κ2) is 5.85. The maximum absolute atomic E-state index is 2.55. The highest BCUT2D eigenvalue weighted by molar-refractivity contribution is 8.04. The first-order valence-corrected chi connectivity index (χ1v) is 8.48. The molecule has 1 aromatic rings. The van der Waals surface area contributed by atoms with Crippen molar-refractivity contribution in [2.45, 2.75) is 65.7 Å². The molecule has 0 amide bonds. The van der Waals surface area contributed by atoms with Crippen molar-refractivity contribution in [3.8, 4) is 0 Å². The van der Waals surface area contributed by atoms with Crippen molar-refractivity contribution in [1.29, 1.82) is 0 Å². The van der Waals surface area contributed by atoms with Gasteiger partial charge in [-0.25, -0.2) is 0 Å². The van der Waals surface area contributed by atoms with Gasteiger partial charge in [-0.05, 0) is 43.7 Å². The molecule has 1 atom stereocenters. The summed E-state index contributed by atoms with van der Waals surface area (Å²) in [5, 5.41) is 0.493. The lowest BCUT2D eigenvalue weighted by Gasteiger charge is -2.32. The van der Waals surface area contributed by atoms with Crippen LogP contribution in [-0.2, 0) is 0 Å². The van der Waals surface area contributed by atoms with Gasteiger partial charge in [-0.2, -0.15) is 0 Å². The Hall–Kier alpha value is -0.890. The van der Waals surface area contributed by atoms with Gasteiger partial charge in [0, 0.05) is 16.3 Å². The molecule has 1 aliphatic rings. The van der Waals surface area contributed by atoms with E-state index in [0.29, 0.717) is 17.2 Å². The number of thioether (sulfide) groups is 1. The Bertz CT molecular complexity index is 502. The van der Waals surface area contributed by atoms with E-state index in [1.165, 1.54) is 27.4 Å². The van der Waals surface area contributed by atoms with E-state index in [9.17, 15) is 0 Å². The average molecular weight is 289 g/mol. The largest absolute Gasteiger partial charge is 0.332 e. The molecule has 0 aromatic heterocycles. The molecular formula is C18H27NS. The van der Waals surface area contributed by atoms with Crippen LogP contribution in [0, 0.1) is 0 Å². The van der Waals surface area contributed by atoms with Crippen LogP contribution < -0.4 is 4.90 Å². The zero-order chi connectivity index (χ0) is 15.0. The van der Waals surface area contributed by atoms with E-state index >= 15 is 0 Å². The predicted molar refractivity (Wildman–Crippen MR) is 92.5 cm³/mol. The first kappa shape index (κ1) is 15.5. The van der Waals surface area contributed by atoms with Crippen LogP contribution in [0.5, 0.6) is 0 Å². The van der Waals surface area contributed by atoms with Crippen molar-refractivity contribution < 1.29 is 0 Å². The second-order valence-corrected chi connectivity index (χ2v) is 7.85. The number of hydrogen-bond acceptors (Lipinski definition) is 2. The molecule has 1 nitrogen and oxygen atoms in total. The van der Waals surface area contributed by atoms with Gasteiger partial charge in [0.05, 0.1) is 5.37 Å². The maximum Gasteiger partial charge on any atom is 0.0812 e. The third-order valence-electron chi connectivity index (χ3n) is 4.17. The lowest BCUT2D eigenvalue weighted by atomic mass is 9.91. The molecule has 0 bridgehead atoms. The van der Waals surface area contributed by atoms with Crippen molar-refractivity contribution in [1.82, 2.24) is 0 Å². The van der Waals surface area contributed by atoms with E-state index in [4.69, 9.17) is 0 Å². The lowest BCUT2D eigenvalue weighted by molar-refractivity contribution is 0.801. The summed E-state index contributed by atoms with van der Waals surface area (Å²) >= 11 is 1.98. The van der Waals surface area contributed by atoms with Crippen molar-refractivity contribution in [3.05, 3.63) is 39.9 Å². The van der Waals surface area contributed by atoms with E-state index < -0.39 is 0 Å². The smallest absolute Gasteiger partial charge is 0.0812 e. The van der Waals surface area contributed by atoms with Gasteiger partial charge in [0.1, 0.15) is 0 Å². The van der Waals surface area contributed by atoms with Gasteiger partial charge in [-0.1, -0.05) is 45.9 Å². The van der Waals surface area contributed by atoms with Gasteiger partial charge in [0.25, 0.3) is 0 Å². The molecule has 1 heterocycles. The Labute approximate surface area is 128 Å². The van der Waals surface area contributed by atoms with Crippen LogP contribution in [0.3, 0.4) is 0 Å². The molecule has 0 fully saturated rings. The van der Waals surface area contributed by atoms with Gasteiger partial charge in [-0.15, -0.1) is 11.8 Å². The molecule has 0 radical (unpaired) electrons. The fourth-order valence-corrected chi connectivity index (χ4v) is 4.13. The van der Waals surface area contributed by atoms with E-state index in [2.05, 4.69) is 71.6 Å². The van der Waals surface area contributed by atoms with Crippen LogP contribution in [0.1, 0.15) is 71.4 Å². The normalized spacial score (nSPS) is 19.6. The summed E-state index contributed by atoms with van der Waals surface area (Å²) in [4.78, 5) is 4.00. The second-order valence-electron chi connectivity index (χ2n) is 6.32. The molecule has 0 N–H and O–H groups in total. The predicted octanol–water partition coefficient (Wildman–Crippen LogP) is 6.08. The SMILES string of the molecule is CC1=C(C)N(c2c(C(C)C)cccc2C(C)C)C(C)S1. The Kier molecular flexibility index (Phi) is 4.53. The van der Waals surface area contributed by atoms with Gasteiger partial charge < -0.3 is 4.90 Å². The first-order chi connectivity index (χ1) is 9.34. The summed E-state index contributed by atoms with van der Waals surface area (Å²) in [6.07, 6.45) is 0. The van der Waals surface area contributed by atoms with Gasteiger partial charge in [0.2, 0.25) is 0 Å². The zero-order valence-corrected chi connectivity index (χ0v) is 14.6. The highest BCUT2D eigenvalue weighted by Gasteiger charge is 2.30. The molecule has 1 aromatic carbocycles. The lowest BCUT2D eigenvalue weighted by Crippen LogP contribution is -2.27. The molecule has 2 heteroatoms. The van der Waals surface area contributed by atoms with E-state index in [1.807, 2.05) is 11.8 Å². The summed E-state index contributed by atoms with van der Waals surface area (Å²) in [7, 11) is 0. The topological polar surface area (TPSA) is 3.24 Å². The third-order valence-corrected chi connectivity index (χ3v) is 5.37. The standard InChI is InChI=1S/C18H27NS/c1-11(2)16-9-8-10-17(12(3)4)18(16)19-13(5)14(6)20-15(19)7/h8-12,15H,1-7H3. The maximum atomic E-state index is 2.55. The first-order valence-electron chi connectivity index (χ1n) is 7.60. The minimum Gasteiger partial charge on any atom is -0.332 e. The van der Waals surface area contributed by atoms with Crippen LogP contribution in [0.15, 0.2) is 28.8 Å². The van der Waals surface area contributed by atoms with Crippen LogP contribution >= 0.6 is 11.8 Å². The van der Waals surface area contributed by atoms with Crippen LogP contribution in [0.2, 0.25) is 0 Å². The van der Waals surface area contributed by atoms with Crippen LogP contribution in [0.4, 0.5) is 5.69 Å². The summed E-state index contributed by atoms with van der Waals surface area (Å²) in [5.74, 6) is 1.10. The molecule has 0 saturated carbocycles. The average Bonchev–Trinajstić information content (AvgIpc) is 2.62. The van der Waals surface area contributed by atoms with Crippen molar-refractivity contribution in [2.75, 3.05) is 4.90 Å². The van der Waals surface area contributed by atoms with E-state index in [-0.39, 0.29) is 0 Å². The Morgan fingerprint density at radius 1 is 1.00 bits per heavy atom. The van der Waals surface area contributed by atoms with E-state index in [0.717, 1.165) is 0 Å². The molecule has 110 valence electrons. The van der Waals surface area contributed by atoms with Gasteiger partial charge >= 0.3 is 0 Å². The highest BCUT2D eigenvalue weighted by atomic mass is 32.2. The number of anilines is 1. The van der Waals surface area contributed by atoms with Crippen LogP contribution in [-0.4, -0.2) is 5.37 Å². The Balaban J connectivity index is 2.65. The molecule has 20 heavy (non-hydrogen) atoms. The summed E-state index contributed by atoms with van der Waals surface area (Å²) in [6, 6.07) is 6.81. The van der Waals surface area contributed by atoms with Gasteiger partial charge in [0.15, 0.2) is 0 Å². The molecule has 1 aliphatic heterocycles. The Morgan fingerprint density at radius 3 is 1.85 bits per heavy atom. The quantitative estimate of drug-likeness (QED) is 0.663. The van der Waals surface area contributed by atoms with Crippen molar-refractivity contribution >= 4 is 17.4 Å². The highest BCUT2D eigenvalue weighted by Crippen LogP contribution is 2.45. The number of hydrogen-bond donors (Lipinski definition) is 0. The number of benzene rings is 1. The van der Waals surface area contributed by atoms with E-state index in [1.54, 1.807) is 0 Å². The molecular weight excluding hydrogens is 262 g/mol. The number of allylic oxidation sites excluding steroid dienone is 2. The third kappa shape index (κ3) is 2.63. The fourth-order valence-electron chi connectivity index (χ4n) is 2.98. The minimum absolute atomic E-state index is 0.493. The van der Waals surface area contributed by atoms with Crippen LogP contribution in [0.25, 0.3) is 0 Å². The molecule has 0 spiro atoms. The summed E-state index contributed by atoms with van der Waals surface area (Å²) in [5.41, 5.74) is 5.81. The zero-order valence-electron chi connectivity index (χ0n) is 13.8.